The van der Waals surface area contributed by atoms with Crippen LogP contribution in [0.2, 0.25) is 0 Å². The van der Waals surface area contributed by atoms with Crippen molar-refractivity contribution in [3.05, 3.63) is 33.4 Å². The Morgan fingerprint density at radius 3 is 2.65 bits per heavy atom. The summed E-state index contributed by atoms with van der Waals surface area (Å²) in [6.45, 7) is 1.62. The minimum atomic E-state index is -4.47. The van der Waals surface area contributed by atoms with E-state index in [0.717, 1.165) is 6.20 Å². The first-order valence-electron chi connectivity index (χ1n) is 4.47. The van der Waals surface area contributed by atoms with Crippen LogP contribution in [0.25, 0.3) is 10.6 Å². The Labute approximate surface area is 97.2 Å². The number of halogens is 3. The average Bonchev–Trinajstić information content (AvgIpc) is 2.63. The largest absolute Gasteiger partial charge is 0.443 e. The van der Waals surface area contributed by atoms with Crippen LogP contribution in [0.15, 0.2) is 17.1 Å². The van der Waals surface area contributed by atoms with Gasteiger partial charge in [0.05, 0.1) is 10.6 Å². The fraction of sp³-hybridized carbons (Fsp3) is 0.222. The molecule has 2 aromatic heterocycles. The SMILES string of the molecule is Cc1cc(-c2cnc(C(F)(F)F)s2)nc(=O)[nH]1. The summed E-state index contributed by atoms with van der Waals surface area (Å²) in [6.07, 6.45) is -3.41. The molecule has 0 radical (unpaired) electrons. The molecule has 0 amide bonds. The van der Waals surface area contributed by atoms with Crippen LogP contribution in [0.1, 0.15) is 10.7 Å². The summed E-state index contributed by atoms with van der Waals surface area (Å²) in [7, 11) is 0. The number of thiazole rings is 1. The quantitative estimate of drug-likeness (QED) is 0.856. The van der Waals surface area contributed by atoms with Gasteiger partial charge in [-0.25, -0.2) is 9.78 Å². The second kappa shape index (κ2) is 3.95. The van der Waals surface area contributed by atoms with E-state index in [2.05, 4.69) is 15.0 Å². The van der Waals surface area contributed by atoms with Crippen LogP contribution in [0.4, 0.5) is 13.2 Å². The Morgan fingerprint density at radius 1 is 1.41 bits per heavy atom. The molecule has 4 nitrogen and oxygen atoms in total. The number of aromatic nitrogens is 3. The first kappa shape index (κ1) is 11.8. The Hall–Kier alpha value is -1.70. The molecular formula is C9H6F3N3OS. The third-order valence-electron chi connectivity index (χ3n) is 1.88. The van der Waals surface area contributed by atoms with E-state index in [1.165, 1.54) is 6.07 Å². The third-order valence-corrected chi connectivity index (χ3v) is 2.94. The normalized spacial score (nSPS) is 11.8. The number of hydrogen-bond acceptors (Lipinski definition) is 4. The van der Waals surface area contributed by atoms with Crippen LogP contribution in [-0.2, 0) is 6.18 Å². The summed E-state index contributed by atoms with van der Waals surface area (Å²) in [5.41, 5.74) is 0.128. The fourth-order valence-electron chi connectivity index (χ4n) is 1.23. The predicted octanol–water partition coefficient (Wildman–Crippen LogP) is 2.22. The third kappa shape index (κ3) is 2.52. The van der Waals surface area contributed by atoms with Crippen LogP contribution in [0, 0.1) is 6.92 Å². The lowest BCUT2D eigenvalue weighted by atomic mass is 10.3. The molecule has 0 aromatic carbocycles. The van der Waals surface area contributed by atoms with E-state index in [1.54, 1.807) is 6.92 Å². The Balaban J connectivity index is 2.47. The van der Waals surface area contributed by atoms with Crippen molar-refractivity contribution in [3.63, 3.8) is 0 Å². The minimum Gasteiger partial charge on any atom is -0.310 e. The summed E-state index contributed by atoms with van der Waals surface area (Å²) >= 11 is 0.459. The standard InChI is InChI=1S/C9H6F3N3OS/c1-4-2-5(15-8(16)14-4)6-3-13-7(17-6)9(10,11)12/h2-3H,1H3,(H,14,15,16). The van der Waals surface area contributed by atoms with E-state index >= 15 is 0 Å². The maximum atomic E-state index is 12.3. The maximum Gasteiger partial charge on any atom is 0.443 e. The number of nitrogens with zero attached hydrogens (tertiary/aromatic N) is 2. The molecule has 2 aromatic rings. The first-order chi connectivity index (χ1) is 7.86. The van der Waals surface area contributed by atoms with Crippen LogP contribution in [0.5, 0.6) is 0 Å². The fourth-order valence-corrected chi connectivity index (χ4v) is 1.97. The molecule has 0 spiro atoms. The number of alkyl halides is 3. The van der Waals surface area contributed by atoms with E-state index in [1.807, 2.05) is 0 Å². The highest BCUT2D eigenvalue weighted by atomic mass is 32.1. The highest BCUT2D eigenvalue weighted by Crippen LogP contribution is 2.35. The average molecular weight is 261 g/mol. The number of aryl methyl sites for hydroxylation is 1. The number of H-pyrrole nitrogens is 1. The van der Waals surface area contributed by atoms with Gasteiger partial charge in [0.1, 0.15) is 0 Å². The van der Waals surface area contributed by atoms with Gasteiger partial charge in [0.25, 0.3) is 0 Å². The topological polar surface area (TPSA) is 58.6 Å². The van der Waals surface area contributed by atoms with Crippen molar-refractivity contribution in [3.8, 4) is 10.6 Å². The summed E-state index contributed by atoms with van der Waals surface area (Å²) in [6, 6.07) is 1.50. The van der Waals surface area contributed by atoms with Crippen molar-refractivity contribution < 1.29 is 13.2 Å². The highest BCUT2D eigenvalue weighted by molar-refractivity contribution is 7.15. The van der Waals surface area contributed by atoms with E-state index in [9.17, 15) is 18.0 Å². The zero-order chi connectivity index (χ0) is 12.6. The number of hydrogen-bond donors (Lipinski definition) is 1. The molecule has 2 heterocycles. The van der Waals surface area contributed by atoms with Crippen LogP contribution in [0.3, 0.4) is 0 Å². The molecule has 0 aliphatic rings. The summed E-state index contributed by atoms with van der Waals surface area (Å²) in [4.78, 5) is 20.6. The summed E-state index contributed by atoms with van der Waals surface area (Å²) in [5, 5.41) is -0.952. The second-order valence-electron chi connectivity index (χ2n) is 3.28. The molecule has 2 rings (SSSR count). The van der Waals surface area contributed by atoms with Crippen LogP contribution in [-0.4, -0.2) is 15.0 Å². The predicted molar refractivity (Wildman–Crippen MR) is 55.7 cm³/mol. The molecule has 0 saturated carbocycles. The van der Waals surface area contributed by atoms with Gasteiger partial charge in [-0.15, -0.1) is 11.3 Å². The lowest BCUT2D eigenvalue weighted by Crippen LogP contribution is -2.11. The van der Waals surface area contributed by atoms with Crippen molar-refractivity contribution in [1.82, 2.24) is 15.0 Å². The number of rotatable bonds is 1. The Bertz CT molecular complexity index is 602. The van der Waals surface area contributed by atoms with Crippen LogP contribution < -0.4 is 5.69 Å². The highest BCUT2D eigenvalue weighted by Gasteiger charge is 2.34. The Morgan fingerprint density at radius 2 is 2.12 bits per heavy atom. The van der Waals surface area contributed by atoms with E-state index in [0.29, 0.717) is 17.0 Å². The van der Waals surface area contributed by atoms with Gasteiger partial charge in [-0.05, 0) is 13.0 Å². The van der Waals surface area contributed by atoms with Crippen molar-refractivity contribution in [1.29, 1.82) is 0 Å². The lowest BCUT2D eigenvalue weighted by molar-refractivity contribution is -0.137. The smallest absolute Gasteiger partial charge is 0.310 e. The lowest BCUT2D eigenvalue weighted by Gasteiger charge is -1.99. The molecular weight excluding hydrogens is 255 g/mol. The zero-order valence-corrected chi connectivity index (χ0v) is 9.32. The molecule has 90 valence electrons. The molecule has 0 atom stereocenters. The number of nitrogens with one attached hydrogen (secondary N) is 1. The van der Waals surface area contributed by atoms with Crippen molar-refractivity contribution in [2.24, 2.45) is 0 Å². The van der Waals surface area contributed by atoms with Crippen molar-refractivity contribution in [2.45, 2.75) is 13.1 Å². The monoisotopic (exact) mass is 261 g/mol. The van der Waals surface area contributed by atoms with Crippen molar-refractivity contribution >= 4 is 11.3 Å². The summed E-state index contributed by atoms with van der Waals surface area (Å²) < 4.78 is 37.0. The maximum absolute atomic E-state index is 12.3. The molecule has 0 aliphatic heterocycles. The molecule has 0 saturated heterocycles. The van der Waals surface area contributed by atoms with Gasteiger partial charge in [-0.2, -0.15) is 18.2 Å². The molecule has 0 bridgehead atoms. The molecule has 8 heteroatoms. The number of aromatic amines is 1. The van der Waals surface area contributed by atoms with Gasteiger partial charge < -0.3 is 4.98 Å². The Kier molecular flexibility index (Phi) is 2.74. The van der Waals surface area contributed by atoms with Gasteiger partial charge in [0.15, 0.2) is 5.01 Å². The molecule has 0 fully saturated rings. The molecule has 0 unspecified atom stereocenters. The van der Waals surface area contributed by atoms with Crippen LogP contribution >= 0.6 is 11.3 Å². The van der Waals surface area contributed by atoms with Gasteiger partial charge in [0, 0.05) is 11.9 Å². The molecule has 0 aliphatic carbocycles. The van der Waals surface area contributed by atoms with Gasteiger partial charge in [-0.3, -0.25) is 0 Å². The first-order valence-corrected chi connectivity index (χ1v) is 5.29. The minimum absolute atomic E-state index is 0.194. The second-order valence-corrected chi connectivity index (χ2v) is 4.31. The molecule has 17 heavy (non-hydrogen) atoms. The van der Waals surface area contributed by atoms with Gasteiger partial charge >= 0.3 is 11.9 Å². The molecule has 1 N–H and O–H groups in total. The van der Waals surface area contributed by atoms with E-state index in [4.69, 9.17) is 0 Å². The van der Waals surface area contributed by atoms with Crippen molar-refractivity contribution in [2.75, 3.05) is 0 Å². The van der Waals surface area contributed by atoms with Gasteiger partial charge in [0.2, 0.25) is 0 Å². The summed E-state index contributed by atoms with van der Waals surface area (Å²) in [5.74, 6) is 0. The zero-order valence-electron chi connectivity index (χ0n) is 8.50. The van der Waals surface area contributed by atoms with E-state index in [-0.39, 0.29) is 10.6 Å². The van der Waals surface area contributed by atoms with E-state index < -0.39 is 16.9 Å². The van der Waals surface area contributed by atoms with Gasteiger partial charge in [-0.1, -0.05) is 0 Å².